The lowest BCUT2D eigenvalue weighted by Crippen LogP contribution is -2.53. The Bertz CT molecular complexity index is 1030. The predicted molar refractivity (Wildman–Crippen MR) is 117 cm³/mol. The van der Waals surface area contributed by atoms with Gasteiger partial charge in [-0.05, 0) is 24.0 Å². The molecule has 2 aliphatic rings. The van der Waals surface area contributed by atoms with Crippen molar-refractivity contribution in [3.05, 3.63) is 71.3 Å². The van der Waals surface area contributed by atoms with Gasteiger partial charge >= 0.3 is 18.4 Å². The van der Waals surface area contributed by atoms with E-state index >= 15 is 0 Å². The van der Waals surface area contributed by atoms with Crippen molar-refractivity contribution >= 4 is 6.03 Å². The van der Waals surface area contributed by atoms with E-state index in [2.05, 4.69) is 0 Å². The third kappa shape index (κ3) is 4.26. The molecule has 0 bridgehead atoms. The highest BCUT2D eigenvalue weighted by molar-refractivity contribution is 5.75. The van der Waals surface area contributed by atoms with Gasteiger partial charge in [-0.1, -0.05) is 61.5 Å². The van der Waals surface area contributed by atoms with Crippen molar-refractivity contribution < 1.29 is 36.2 Å². The van der Waals surface area contributed by atoms with E-state index in [0.717, 1.165) is 18.4 Å². The number of urea groups is 1. The van der Waals surface area contributed by atoms with Gasteiger partial charge < -0.3 is 14.9 Å². The molecule has 0 unspecified atom stereocenters. The lowest BCUT2D eigenvalue weighted by Gasteiger charge is -2.34. The summed E-state index contributed by atoms with van der Waals surface area (Å²) in [6, 6.07) is 12.9. The fourth-order valence-corrected chi connectivity index (χ4v) is 5.28. The van der Waals surface area contributed by atoms with Crippen LogP contribution in [0.1, 0.15) is 42.4 Å². The van der Waals surface area contributed by atoms with Crippen molar-refractivity contribution in [3.63, 3.8) is 0 Å². The summed E-state index contributed by atoms with van der Waals surface area (Å²) in [5, 5.41) is 9.72. The van der Waals surface area contributed by atoms with Crippen LogP contribution >= 0.6 is 0 Å². The van der Waals surface area contributed by atoms with E-state index in [-0.39, 0.29) is 18.5 Å². The normalized spacial score (nSPS) is 23.7. The zero-order valence-corrected chi connectivity index (χ0v) is 19.0. The third-order valence-corrected chi connectivity index (χ3v) is 7.32. The maximum absolute atomic E-state index is 13.3. The van der Waals surface area contributed by atoms with Gasteiger partial charge in [0.05, 0.1) is 0 Å². The van der Waals surface area contributed by atoms with E-state index in [4.69, 9.17) is 0 Å². The second-order valence-electron chi connectivity index (χ2n) is 9.52. The number of alkyl halides is 6. The number of halogens is 6. The predicted octanol–water partition coefficient (Wildman–Crippen LogP) is 5.57. The molecule has 0 spiro atoms. The third-order valence-electron chi connectivity index (χ3n) is 7.32. The number of aliphatic hydroxyl groups is 1. The summed E-state index contributed by atoms with van der Waals surface area (Å²) in [6.45, 7) is 3.88. The maximum atomic E-state index is 13.3. The minimum Gasteiger partial charge on any atom is -0.369 e. The molecule has 4 nitrogen and oxygen atoms in total. The molecule has 2 heterocycles. The molecular weight excluding hydrogens is 474 g/mol. The van der Waals surface area contributed by atoms with Gasteiger partial charge in [0.25, 0.3) is 5.60 Å². The van der Waals surface area contributed by atoms with Gasteiger partial charge in [-0.2, -0.15) is 26.3 Å². The van der Waals surface area contributed by atoms with Gasteiger partial charge in [-0.15, -0.1) is 0 Å². The average Bonchev–Trinajstić information content (AvgIpc) is 3.46. The number of hydrogen-bond acceptors (Lipinski definition) is 2. The average molecular weight is 500 g/mol. The number of rotatable bonds is 3. The van der Waals surface area contributed by atoms with E-state index in [9.17, 15) is 36.2 Å². The minimum atomic E-state index is -5.95. The molecule has 2 amide bonds. The first-order chi connectivity index (χ1) is 16.3. The Kier molecular flexibility index (Phi) is 6.32. The summed E-state index contributed by atoms with van der Waals surface area (Å²) in [4.78, 5) is 16.6. The van der Waals surface area contributed by atoms with Crippen LogP contribution in [0.5, 0.6) is 0 Å². The van der Waals surface area contributed by atoms with Crippen LogP contribution < -0.4 is 0 Å². The quantitative estimate of drug-likeness (QED) is 0.560. The number of nitrogens with zero attached hydrogens (tertiary/aromatic N) is 2. The highest BCUT2D eigenvalue weighted by atomic mass is 19.4. The molecule has 4 rings (SSSR count). The van der Waals surface area contributed by atoms with E-state index in [1.807, 2.05) is 37.3 Å². The Morgan fingerprint density at radius 1 is 0.886 bits per heavy atom. The van der Waals surface area contributed by atoms with E-state index in [1.165, 1.54) is 12.1 Å². The molecule has 0 aliphatic carbocycles. The van der Waals surface area contributed by atoms with Crippen molar-refractivity contribution in [3.8, 4) is 0 Å². The number of benzene rings is 2. The van der Waals surface area contributed by atoms with Crippen LogP contribution in [0.4, 0.5) is 31.1 Å². The SMILES string of the molecule is C[C@]1(c2ccccc2)CN(C(=O)N2CCCC2)C[C@H]1c1ccc(C(O)(C(F)(F)F)C(F)(F)F)cc1. The minimum absolute atomic E-state index is 0.118. The van der Waals surface area contributed by atoms with Gasteiger partial charge in [-0.25, -0.2) is 4.79 Å². The Labute approximate surface area is 199 Å². The maximum Gasteiger partial charge on any atom is 0.430 e. The first-order valence-corrected chi connectivity index (χ1v) is 11.3. The molecule has 190 valence electrons. The number of hydrogen-bond donors (Lipinski definition) is 1. The summed E-state index contributed by atoms with van der Waals surface area (Å²) >= 11 is 0. The molecule has 2 saturated heterocycles. The summed E-state index contributed by atoms with van der Waals surface area (Å²) in [7, 11) is 0. The highest BCUT2D eigenvalue weighted by Gasteiger charge is 2.71. The standard InChI is InChI=1S/C25H26F6N2O2/c1-22(18-7-3-2-4-8-18)16-33(21(34)32-13-5-6-14-32)15-20(22)17-9-11-19(12-10-17)23(35,24(26,27)28)25(29,30)31/h2-4,7-12,20,35H,5-6,13-16H2,1H3/t20-,22+/m0/s1. The first-order valence-electron chi connectivity index (χ1n) is 11.3. The Balaban J connectivity index is 1.71. The molecule has 2 aromatic carbocycles. The van der Waals surface area contributed by atoms with Crippen molar-refractivity contribution in [2.45, 2.75) is 49.1 Å². The summed E-state index contributed by atoms with van der Waals surface area (Å²) < 4.78 is 79.8. The molecule has 1 N–H and O–H groups in total. The number of likely N-dealkylation sites (tertiary alicyclic amines) is 2. The molecule has 35 heavy (non-hydrogen) atoms. The summed E-state index contributed by atoms with van der Waals surface area (Å²) in [6.07, 6.45) is -10.1. The monoisotopic (exact) mass is 500 g/mol. The van der Waals surface area contributed by atoms with Crippen LogP contribution in [0, 0.1) is 0 Å². The summed E-state index contributed by atoms with van der Waals surface area (Å²) in [5.74, 6) is -0.379. The Morgan fingerprint density at radius 3 is 1.94 bits per heavy atom. The molecule has 2 aliphatic heterocycles. The molecular formula is C25H26F6N2O2. The lowest BCUT2D eigenvalue weighted by molar-refractivity contribution is -0.376. The van der Waals surface area contributed by atoms with Crippen LogP contribution in [0.2, 0.25) is 0 Å². The van der Waals surface area contributed by atoms with E-state index in [0.29, 0.717) is 37.3 Å². The van der Waals surface area contributed by atoms with Crippen LogP contribution in [-0.2, 0) is 11.0 Å². The molecule has 10 heteroatoms. The zero-order valence-electron chi connectivity index (χ0n) is 19.0. The molecule has 0 saturated carbocycles. The number of carbonyl (C=O) groups excluding carboxylic acids is 1. The summed E-state index contributed by atoms with van der Waals surface area (Å²) in [5.41, 5.74) is -5.50. The smallest absolute Gasteiger partial charge is 0.369 e. The van der Waals surface area contributed by atoms with Crippen LogP contribution in [0.15, 0.2) is 54.6 Å². The largest absolute Gasteiger partial charge is 0.430 e. The fourth-order valence-electron chi connectivity index (χ4n) is 5.28. The van der Waals surface area contributed by atoms with Crippen molar-refractivity contribution in [1.29, 1.82) is 0 Å². The van der Waals surface area contributed by atoms with Crippen molar-refractivity contribution in [1.82, 2.24) is 9.80 Å². The second-order valence-corrected chi connectivity index (χ2v) is 9.52. The number of amides is 2. The molecule has 2 atom stereocenters. The molecule has 0 aromatic heterocycles. The van der Waals surface area contributed by atoms with Crippen LogP contribution in [0.25, 0.3) is 0 Å². The topological polar surface area (TPSA) is 43.8 Å². The first kappa shape index (κ1) is 25.3. The highest BCUT2D eigenvalue weighted by Crippen LogP contribution is 2.51. The molecule has 0 radical (unpaired) electrons. The van der Waals surface area contributed by atoms with E-state index < -0.39 is 28.9 Å². The Hall–Kier alpha value is -2.75. The molecule has 2 fully saturated rings. The Morgan fingerprint density at radius 2 is 1.43 bits per heavy atom. The van der Waals surface area contributed by atoms with Crippen LogP contribution in [0.3, 0.4) is 0 Å². The van der Waals surface area contributed by atoms with Gasteiger partial charge in [-0.3, -0.25) is 0 Å². The fraction of sp³-hybridized carbons (Fsp3) is 0.480. The van der Waals surface area contributed by atoms with Crippen molar-refractivity contribution in [2.75, 3.05) is 26.2 Å². The number of carbonyl (C=O) groups is 1. The second kappa shape index (κ2) is 8.72. The van der Waals surface area contributed by atoms with Gasteiger partial charge in [0.1, 0.15) is 0 Å². The molecule has 2 aromatic rings. The van der Waals surface area contributed by atoms with E-state index in [1.54, 1.807) is 9.80 Å². The van der Waals surface area contributed by atoms with Crippen LogP contribution in [-0.4, -0.2) is 59.5 Å². The van der Waals surface area contributed by atoms with Gasteiger partial charge in [0.15, 0.2) is 0 Å². The lowest BCUT2D eigenvalue weighted by atomic mass is 9.71. The van der Waals surface area contributed by atoms with Gasteiger partial charge in [0.2, 0.25) is 0 Å². The van der Waals surface area contributed by atoms with Gasteiger partial charge in [0, 0.05) is 43.1 Å². The van der Waals surface area contributed by atoms with Crippen molar-refractivity contribution in [2.24, 2.45) is 0 Å². The zero-order chi connectivity index (χ0) is 25.6.